The molecule has 9 heteroatoms. The lowest BCUT2D eigenvalue weighted by molar-refractivity contribution is 0.275. The van der Waals surface area contributed by atoms with Gasteiger partial charge in [-0.1, -0.05) is 36.8 Å². The van der Waals surface area contributed by atoms with Gasteiger partial charge in [0.15, 0.2) is 11.6 Å². The van der Waals surface area contributed by atoms with Gasteiger partial charge in [0, 0.05) is 12.6 Å². The van der Waals surface area contributed by atoms with E-state index in [4.69, 9.17) is 10.5 Å². The number of hydrogen-bond acceptors (Lipinski definition) is 8. The lowest BCUT2D eigenvalue weighted by Crippen LogP contribution is -2.22. The fraction of sp³-hybridized carbons (Fsp3) is 0.368. The summed E-state index contributed by atoms with van der Waals surface area (Å²) in [5.74, 6) is 1.14. The van der Waals surface area contributed by atoms with Crippen molar-refractivity contribution in [2.45, 2.75) is 38.8 Å². The lowest BCUT2D eigenvalue weighted by Gasteiger charge is -2.19. The Morgan fingerprint density at radius 1 is 1.25 bits per heavy atom. The number of aliphatic hydroxyl groups is 1. The van der Waals surface area contributed by atoms with E-state index < -0.39 is 0 Å². The molecule has 3 aromatic rings. The number of nitrogens with one attached hydrogen (secondary N) is 1. The number of hydrogen-bond donors (Lipinski definition) is 3. The molecule has 1 atom stereocenters. The summed E-state index contributed by atoms with van der Waals surface area (Å²) in [6.07, 6.45) is 5.84. The number of ether oxygens (including phenoxy) is 1. The molecule has 9 nitrogen and oxygen atoms in total. The molecule has 148 valence electrons. The van der Waals surface area contributed by atoms with E-state index in [1.54, 1.807) is 4.68 Å². The molecular formula is C19H25N7O2. The number of aliphatic hydroxyl groups excluding tert-OH is 1. The second-order valence-electron chi connectivity index (χ2n) is 6.36. The standard InChI is InChI=1S/C19H25N7O2/c1-2-6-14(9-10-27)22-18-17(11-21-19(20)23-18)28-13-15-12-26(25-24-15)16-7-4-3-5-8-16/h3-5,7-8,11-12,14,27H,2,6,9-10,13H2,1H3,(H3,20,21,22,23)/t14-/m0/s1. The summed E-state index contributed by atoms with van der Waals surface area (Å²) >= 11 is 0. The molecule has 0 aliphatic carbocycles. The van der Waals surface area contributed by atoms with Crippen molar-refractivity contribution in [3.63, 3.8) is 0 Å². The molecule has 28 heavy (non-hydrogen) atoms. The summed E-state index contributed by atoms with van der Waals surface area (Å²) in [7, 11) is 0. The first-order chi connectivity index (χ1) is 13.7. The molecular weight excluding hydrogens is 358 g/mol. The third-order valence-corrected chi connectivity index (χ3v) is 4.17. The molecule has 2 aromatic heterocycles. The van der Waals surface area contributed by atoms with Crippen LogP contribution in [0.25, 0.3) is 5.69 Å². The SMILES string of the molecule is CCC[C@@H](CCO)Nc1nc(N)ncc1OCc1cn(-c2ccccc2)nn1. The molecule has 0 bridgehead atoms. The van der Waals surface area contributed by atoms with Crippen LogP contribution < -0.4 is 15.8 Å². The van der Waals surface area contributed by atoms with Gasteiger partial charge < -0.3 is 20.9 Å². The van der Waals surface area contributed by atoms with Gasteiger partial charge in [-0.05, 0) is 25.0 Å². The smallest absolute Gasteiger partial charge is 0.222 e. The quantitative estimate of drug-likeness (QED) is 0.487. The van der Waals surface area contributed by atoms with Gasteiger partial charge in [0.25, 0.3) is 0 Å². The Hall–Kier alpha value is -3.20. The molecule has 0 unspecified atom stereocenters. The predicted octanol–water partition coefficient (Wildman–Crippen LogP) is 2.18. The zero-order chi connectivity index (χ0) is 19.8. The lowest BCUT2D eigenvalue weighted by atomic mass is 10.1. The zero-order valence-corrected chi connectivity index (χ0v) is 15.8. The number of benzene rings is 1. The second-order valence-corrected chi connectivity index (χ2v) is 6.36. The Labute approximate surface area is 163 Å². The van der Waals surface area contributed by atoms with Crippen LogP contribution in [0.1, 0.15) is 31.9 Å². The molecule has 0 saturated carbocycles. The van der Waals surface area contributed by atoms with E-state index in [0.717, 1.165) is 18.5 Å². The molecule has 0 saturated heterocycles. The van der Waals surface area contributed by atoms with Crippen molar-refractivity contribution in [3.05, 3.63) is 48.4 Å². The first-order valence-corrected chi connectivity index (χ1v) is 9.29. The molecule has 0 radical (unpaired) electrons. The molecule has 4 N–H and O–H groups in total. The van der Waals surface area contributed by atoms with Crippen molar-refractivity contribution in [1.29, 1.82) is 0 Å². The fourth-order valence-electron chi connectivity index (χ4n) is 2.80. The minimum absolute atomic E-state index is 0.0746. The largest absolute Gasteiger partial charge is 0.482 e. The Kier molecular flexibility index (Phi) is 6.74. The number of aromatic nitrogens is 5. The average molecular weight is 383 g/mol. The molecule has 0 amide bonds. The van der Waals surface area contributed by atoms with E-state index in [0.29, 0.717) is 23.7 Å². The molecule has 1 aromatic carbocycles. The molecule has 0 spiro atoms. The monoisotopic (exact) mass is 383 g/mol. The predicted molar refractivity (Wildman–Crippen MR) is 106 cm³/mol. The van der Waals surface area contributed by atoms with Crippen molar-refractivity contribution >= 4 is 11.8 Å². The number of nitrogen functional groups attached to an aromatic ring is 1. The fourth-order valence-corrected chi connectivity index (χ4v) is 2.80. The number of nitrogens with zero attached hydrogens (tertiary/aromatic N) is 5. The van der Waals surface area contributed by atoms with Crippen LogP contribution in [-0.4, -0.2) is 42.7 Å². The first kappa shape index (κ1) is 19.6. The minimum Gasteiger partial charge on any atom is -0.482 e. The normalized spacial score (nSPS) is 11.9. The summed E-state index contributed by atoms with van der Waals surface area (Å²) in [5, 5.41) is 20.8. The average Bonchev–Trinajstić information content (AvgIpc) is 3.18. The summed E-state index contributed by atoms with van der Waals surface area (Å²) in [5.41, 5.74) is 7.33. The van der Waals surface area contributed by atoms with Crippen LogP contribution in [0, 0.1) is 0 Å². The van der Waals surface area contributed by atoms with E-state index in [1.165, 1.54) is 6.20 Å². The highest BCUT2D eigenvalue weighted by Gasteiger charge is 2.14. The topological polar surface area (TPSA) is 124 Å². The third kappa shape index (κ3) is 5.17. The van der Waals surface area contributed by atoms with Gasteiger partial charge >= 0.3 is 0 Å². The number of rotatable bonds is 10. The first-order valence-electron chi connectivity index (χ1n) is 9.29. The maximum absolute atomic E-state index is 9.27. The Balaban J connectivity index is 1.70. The number of anilines is 2. The highest BCUT2D eigenvalue weighted by molar-refractivity contribution is 5.51. The number of para-hydroxylation sites is 1. The zero-order valence-electron chi connectivity index (χ0n) is 15.8. The molecule has 0 aliphatic heterocycles. The third-order valence-electron chi connectivity index (χ3n) is 4.17. The van der Waals surface area contributed by atoms with E-state index in [9.17, 15) is 5.11 Å². The summed E-state index contributed by atoms with van der Waals surface area (Å²) in [6.45, 7) is 2.40. The van der Waals surface area contributed by atoms with E-state index in [1.807, 2.05) is 36.5 Å². The van der Waals surface area contributed by atoms with Gasteiger partial charge in [-0.2, -0.15) is 4.98 Å². The molecule has 0 aliphatic rings. The molecule has 3 rings (SSSR count). The van der Waals surface area contributed by atoms with Crippen LogP contribution >= 0.6 is 0 Å². The highest BCUT2D eigenvalue weighted by atomic mass is 16.5. The van der Waals surface area contributed by atoms with Crippen molar-refractivity contribution in [3.8, 4) is 11.4 Å². The summed E-state index contributed by atoms with van der Waals surface area (Å²) in [4.78, 5) is 8.27. The van der Waals surface area contributed by atoms with Gasteiger partial charge in [-0.25, -0.2) is 9.67 Å². The van der Waals surface area contributed by atoms with Gasteiger partial charge in [0.1, 0.15) is 12.3 Å². The van der Waals surface area contributed by atoms with Crippen molar-refractivity contribution in [2.24, 2.45) is 0 Å². The van der Waals surface area contributed by atoms with Crippen LogP contribution in [0.5, 0.6) is 5.75 Å². The minimum atomic E-state index is 0.0746. The van der Waals surface area contributed by atoms with Crippen molar-refractivity contribution < 1.29 is 9.84 Å². The maximum Gasteiger partial charge on any atom is 0.222 e. The second kappa shape index (κ2) is 9.65. The van der Waals surface area contributed by atoms with E-state index in [-0.39, 0.29) is 25.2 Å². The van der Waals surface area contributed by atoms with Gasteiger partial charge in [0.05, 0.1) is 18.1 Å². The van der Waals surface area contributed by atoms with Gasteiger partial charge in [-0.15, -0.1) is 5.10 Å². The molecule has 2 heterocycles. The van der Waals surface area contributed by atoms with Crippen LogP contribution in [0.15, 0.2) is 42.7 Å². The van der Waals surface area contributed by atoms with Crippen molar-refractivity contribution in [1.82, 2.24) is 25.0 Å². The Bertz CT molecular complexity index is 864. The highest BCUT2D eigenvalue weighted by Crippen LogP contribution is 2.24. The Morgan fingerprint density at radius 2 is 2.07 bits per heavy atom. The molecule has 0 fully saturated rings. The van der Waals surface area contributed by atoms with E-state index in [2.05, 4.69) is 32.5 Å². The van der Waals surface area contributed by atoms with Gasteiger partial charge in [0.2, 0.25) is 5.95 Å². The van der Waals surface area contributed by atoms with Crippen molar-refractivity contribution in [2.75, 3.05) is 17.7 Å². The van der Waals surface area contributed by atoms with Crippen LogP contribution in [0.4, 0.5) is 11.8 Å². The summed E-state index contributed by atoms with van der Waals surface area (Å²) in [6, 6.07) is 9.80. The van der Waals surface area contributed by atoms with Crippen LogP contribution in [-0.2, 0) is 6.61 Å². The Morgan fingerprint density at radius 3 is 2.82 bits per heavy atom. The van der Waals surface area contributed by atoms with E-state index >= 15 is 0 Å². The number of nitrogens with two attached hydrogens (primary N) is 1. The maximum atomic E-state index is 9.27. The van der Waals surface area contributed by atoms with Crippen LogP contribution in [0.2, 0.25) is 0 Å². The summed E-state index contributed by atoms with van der Waals surface area (Å²) < 4.78 is 7.55. The van der Waals surface area contributed by atoms with Gasteiger partial charge in [-0.3, -0.25) is 0 Å². The van der Waals surface area contributed by atoms with Crippen LogP contribution in [0.3, 0.4) is 0 Å².